The predicted molar refractivity (Wildman–Crippen MR) is 185 cm³/mol. The molecule has 6 aliphatic carbocycles. The van der Waals surface area contributed by atoms with Crippen LogP contribution in [0.5, 0.6) is 23.0 Å². The topological polar surface area (TPSA) is 141 Å². The molecule has 4 saturated carbocycles. The summed E-state index contributed by atoms with van der Waals surface area (Å²) in [6.45, 7) is 3.63. The number of hydrogen-bond donors (Lipinski definition) is 4. The van der Waals surface area contributed by atoms with Gasteiger partial charge in [0.2, 0.25) is 0 Å². The van der Waals surface area contributed by atoms with Crippen molar-refractivity contribution in [3.05, 3.63) is 46.5 Å². The normalized spacial score (nSPS) is 43.2. The van der Waals surface area contributed by atoms with E-state index in [1.54, 1.807) is 12.1 Å². The lowest BCUT2D eigenvalue weighted by atomic mass is 9.48. The summed E-state index contributed by atoms with van der Waals surface area (Å²) in [5, 5.41) is 47.8. The van der Waals surface area contributed by atoms with Crippen molar-refractivity contribution in [2.45, 2.75) is 136 Å². The third-order valence-corrected chi connectivity index (χ3v) is 15.9. The van der Waals surface area contributed by atoms with Crippen LogP contribution in [0.3, 0.4) is 0 Å². The molecule has 276 valence electrons. The highest BCUT2D eigenvalue weighted by atomic mass is 16.7. The largest absolute Gasteiger partial charge is 0.514 e. The SMILES string of the molecule is O=C(Oc1ccc2c3c1O[C@H]1[C@@H](O)CC[C@@]4(O)[C@@H](C2)N(CC2CC2)CC[C@]314)O[C@H]1CC[C@@]2(O)C3Cc4ccc(O)c5c4[C@@]2(CCN3CC2CC2)[C@H]1O5. The van der Waals surface area contributed by atoms with E-state index in [2.05, 4.69) is 9.80 Å². The molecule has 4 N–H and O–H groups in total. The van der Waals surface area contributed by atoms with E-state index in [0.717, 1.165) is 48.4 Å². The van der Waals surface area contributed by atoms with Gasteiger partial charge in [-0.3, -0.25) is 9.80 Å². The van der Waals surface area contributed by atoms with E-state index in [0.29, 0.717) is 74.7 Å². The number of aliphatic hydroxyl groups excluding tert-OH is 1. The number of piperidine rings is 2. The van der Waals surface area contributed by atoms with E-state index in [1.165, 1.54) is 25.7 Å². The number of phenols is 1. The molecule has 10 aliphatic rings. The number of rotatable bonds is 6. The van der Waals surface area contributed by atoms with Crippen molar-refractivity contribution in [2.75, 3.05) is 26.2 Å². The van der Waals surface area contributed by atoms with Gasteiger partial charge in [-0.05, 0) is 125 Å². The summed E-state index contributed by atoms with van der Waals surface area (Å²) < 4.78 is 25.5. The van der Waals surface area contributed by atoms with Crippen molar-refractivity contribution >= 4 is 6.16 Å². The van der Waals surface area contributed by atoms with Crippen LogP contribution in [0.4, 0.5) is 4.79 Å². The molecule has 4 bridgehead atoms. The lowest BCUT2D eigenvalue weighted by Crippen LogP contribution is -2.77. The van der Waals surface area contributed by atoms with Crippen LogP contribution >= 0.6 is 0 Å². The monoisotopic (exact) mass is 712 g/mol. The summed E-state index contributed by atoms with van der Waals surface area (Å²) in [5.74, 6) is 2.51. The summed E-state index contributed by atoms with van der Waals surface area (Å²) in [4.78, 5) is 18.9. The van der Waals surface area contributed by atoms with Gasteiger partial charge < -0.3 is 39.4 Å². The molecule has 11 nitrogen and oxygen atoms in total. The first kappa shape index (κ1) is 31.3. The Kier molecular flexibility index (Phi) is 6.11. The number of phenolic OH excluding ortho intramolecular Hbond substituents is 1. The Morgan fingerprint density at radius 2 is 1.33 bits per heavy atom. The maximum absolute atomic E-state index is 13.9. The van der Waals surface area contributed by atoms with Crippen molar-refractivity contribution in [1.29, 1.82) is 0 Å². The first-order valence-electron chi connectivity index (χ1n) is 20.0. The smallest absolute Gasteiger partial charge is 0.504 e. The molecule has 0 radical (unpaired) electrons. The van der Waals surface area contributed by atoms with Crippen LogP contribution in [0.25, 0.3) is 0 Å². The first-order chi connectivity index (χ1) is 25.1. The number of carbonyl (C=O) groups excluding carboxylic acids is 1. The quantitative estimate of drug-likeness (QED) is 0.259. The minimum absolute atomic E-state index is 0.0444. The Bertz CT molecular complexity index is 1910. The Hall–Kier alpha value is -3.09. The Morgan fingerprint density at radius 3 is 1.98 bits per heavy atom. The van der Waals surface area contributed by atoms with Crippen LogP contribution in [-0.2, 0) is 28.4 Å². The Morgan fingerprint density at radius 1 is 0.750 bits per heavy atom. The van der Waals surface area contributed by atoms with Crippen LogP contribution in [0.1, 0.15) is 86.5 Å². The third kappa shape index (κ3) is 3.73. The zero-order valence-corrected chi connectivity index (χ0v) is 29.5. The van der Waals surface area contributed by atoms with E-state index in [1.807, 2.05) is 12.1 Å². The second-order valence-corrected chi connectivity index (χ2v) is 18.2. The minimum atomic E-state index is -1.09. The number of carbonyl (C=O) groups is 1. The van der Waals surface area contributed by atoms with E-state index in [4.69, 9.17) is 18.9 Å². The van der Waals surface area contributed by atoms with Gasteiger partial charge in [-0.15, -0.1) is 0 Å². The fourth-order valence-corrected chi connectivity index (χ4v) is 13.3. The number of nitrogens with zero attached hydrogens (tertiary/aromatic N) is 2. The van der Waals surface area contributed by atoms with E-state index >= 15 is 0 Å². The van der Waals surface area contributed by atoms with Crippen molar-refractivity contribution in [3.63, 3.8) is 0 Å². The second kappa shape index (κ2) is 10.2. The maximum atomic E-state index is 13.9. The molecule has 0 amide bonds. The highest BCUT2D eigenvalue weighted by Crippen LogP contribution is 2.67. The fraction of sp³-hybridized carbons (Fsp3) is 0.683. The zero-order chi connectivity index (χ0) is 34.9. The molecule has 2 spiro atoms. The van der Waals surface area contributed by atoms with Crippen LogP contribution in [-0.4, -0.2) is 110 Å². The highest BCUT2D eigenvalue weighted by molar-refractivity contribution is 5.70. The summed E-state index contributed by atoms with van der Waals surface area (Å²) in [6, 6.07) is 7.31. The second-order valence-electron chi connectivity index (χ2n) is 18.2. The van der Waals surface area contributed by atoms with E-state index in [9.17, 15) is 25.2 Å². The van der Waals surface area contributed by atoms with E-state index < -0.39 is 52.6 Å². The standard InChI is InChI=1S/C41H48N2O9/c44-25-7-5-23-17-30-41(48)12-10-28(36-39(41,31(23)33(25)51-36)14-16-43(30)20-22-3-4-22)50-37(46)49-27-8-6-24-18-29-40(47)11-9-26(45)35-38(40,32(24)34(27)52-35)13-15-42(29)19-21-1-2-21/h5-8,21-22,26,28-30,35-36,44-45,47-48H,1-4,9-20H2/t26-,28-,29+,30?,35-,36-,38-,39-,40+,41+/m0/s1. The van der Waals surface area contributed by atoms with Crippen molar-refractivity contribution in [2.24, 2.45) is 11.8 Å². The van der Waals surface area contributed by atoms with Crippen LogP contribution in [0, 0.1) is 11.8 Å². The number of aromatic hydroxyl groups is 1. The molecule has 2 saturated heterocycles. The molecule has 1 unspecified atom stereocenters. The summed E-state index contributed by atoms with van der Waals surface area (Å²) in [5.41, 5.74) is 0.220. The summed E-state index contributed by atoms with van der Waals surface area (Å²) >= 11 is 0. The lowest BCUT2D eigenvalue weighted by molar-refractivity contribution is -0.209. The molecule has 52 heavy (non-hydrogen) atoms. The predicted octanol–water partition coefficient (Wildman–Crippen LogP) is 3.47. The molecule has 12 rings (SSSR count). The molecule has 4 heterocycles. The molecule has 2 aromatic carbocycles. The van der Waals surface area contributed by atoms with Crippen molar-refractivity contribution in [3.8, 4) is 23.0 Å². The van der Waals surface area contributed by atoms with Crippen LogP contribution in [0.2, 0.25) is 0 Å². The molecule has 4 aliphatic heterocycles. The average molecular weight is 713 g/mol. The maximum Gasteiger partial charge on any atom is 0.514 e. The van der Waals surface area contributed by atoms with Gasteiger partial charge >= 0.3 is 6.16 Å². The highest BCUT2D eigenvalue weighted by Gasteiger charge is 2.75. The molecule has 0 aromatic heterocycles. The van der Waals surface area contributed by atoms with Gasteiger partial charge in [0.05, 0.1) is 28.1 Å². The summed E-state index contributed by atoms with van der Waals surface area (Å²) in [6.07, 6.45) is 5.83. The molecule has 11 heteroatoms. The Balaban J connectivity index is 0.861. The number of benzene rings is 2. The van der Waals surface area contributed by atoms with Gasteiger partial charge in [-0.25, -0.2) is 4.79 Å². The number of ether oxygens (including phenoxy) is 4. The van der Waals surface area contributed by atoms with Crippen LogP contribution in [0.15, 0.2) is 24.3 Å². The van der Waals surface area contributed by atoms with Crippen molar-refractivity contribution < 1.29 is 44.2 Å². The van der Waals surface area contributed by atoms with Gasteiger partial charge in [0, 0.05) is 36.3 Å². The molecular weight excluding hydrogens is 664 g/mol. The third-order valence-electron chi connectivity index (χ3n) is 15.9. The average Bonchev–Trinajstić information content (AvgIpc) is 4.05. The number of hydrogen-bond acceptors (Lipinski definition) is 11. The zero-order valence-electron chi connectivity index (χ0n) is 29.5. The summed E-state index contributed by atoms with van der Waals surface area (Å²) in [7, 11) is 0. The fourth-order valence-electron chi connectivity index (χ4n) is 13.3. The molecular formula is C41H48N2O9. The van der Waals surface area contributed by atoms with Crippen molar-refractivity contribution in [1.82, 2.24) is 9.80 Å². The first-order valence-corrected chi connectivity index (χ1v) is 20.0. The van der Waals surface area contributed by atoms with E-state index in [-0.39, 0.29) is 23.6 Å². The van der Waals surface area contributed by atoms with Gasteiger partial charge in [0.15, 0.2) is 23.0 Å². The number of likely N-dealkylation sites (tertiary alicyclic amines) is 2. The van der Waals surface area contributed by atoms with Gasteiger partial charge in [0.25, 0.3) is 0 Å². The molecule has 6 fully saturated rings. The lowest BCUT2D eigenvalue weighted by Gasteiger charge is -2.63. The van der Waals surface area contributed by atoms with Gasteiger partial charge in [0.1, 0.15) is 18.3 Å². The Labute approximate surface area is 302 Å². The molecule has 10 atom stereocenters. The van der Waals surface area contributed by atoms with Gasteiger partial charge in [-0.1, -0.05) is 12.1 Å². The minimum Gasteiger partial charge on any atom is -0.504 e. The van der Waals surface area contributed by atoms with Crippen LogP contribution < -0.4 is 14.2 Å². The van der Waals surface area contributed by atoms with Gasteiger partial charge in [-0.2, -0.15) is 0 Å². The molecule has 2 aromatic rings. The number of aliphatic hydroxyl groups is 3.